The largest absolute Gasteiger partial charge is 0.363 e. The van der Waals surface area contributed by atoms with Crippen LogP contribution in [0.1, 0.15) is 42.1 Å². The van der Waals surface area contributed by atoms with E-state index in [2.05, 4.69) is 22.9 Å². The zero-order chi connectivity index (χ0) is 12.9. The van der Waals surface area contributed by atoms with Gasteiger partial charge in [0.2, 0.25) is 5.78 Å². The van der Waals surface area contributed by atoms with E-state index in [4.69, 9.17) is 0 Å². The van der Waals surface area contributed by atoms with Crippen molar-refractivity contribution >= 4 is 21.7 Å². The van der Waals surface area contributed by atoms with Crippen LogP contribution in [0.2, 0.25) is 0 Å². The number of benzene rings is 1. The van der Waals surface area contributed by atoms with E-state index in [0.29, 0.717) is 0 Å². The number of Topliss-reactive ketones (excluding diaryl/α,β-unsaturated/α-hetero) is 1. The predicted molar refractivity (Wildman–Crippen MR) is 67.9 cm³/mol. The first-order valence-electron chi connectivity index (χ1n) is 5.65. The number of ketones is 1. The lowest BCUT2D eigenvalue weighted by Crippen LogP contribution is -2.20. The lowest BCUT2D eigenvalue weighted by Gasteiger charge is -2.07. The quantitative estimate of drug-likeness (QED) is 0.427. The van der Waals surface area contributed by atoms with Crippen molar-refractivity contribution in [3.8, 4) is 0 Å². The monoisotopic (exact) mass is 304 g/mol. The fraction of sp³-hybridized carbons (Fsp3) is 0.462. The fourth-order valence-corrected chi connectivity index (χ4v) is 1.79. The first-order chi connectivity index (χ1) is 7.95. The highest BCUT2D eigenvalue weighted by atomic mass is 79.9. The molecule has 0 spiro atoms. The van der Waals surface area contributed by atoms with Gasteiger partial charge in [0.1, 0.15) is 0 Å². The van der Waals surface area contributed by atoms with Crippen LogP contribution in [0, 0.1) is 0 Å². The second-order valence-electron chi connectivity index (χ2n) is 3.98. The van der Waals surface area contributed by atoms with Gasteiger partial charge in [-0.2, -0.15) is 8.78 Å². The third-order valence-electron chi connectivity index (χ3n) is 2.54. The Bertz CT molecular complexity index is 368. The standard InChI is InChI=1S/C13H15BrF2O/c1-2-3-4-5-10-6-8-11(9-7-10)12(17)13(14,15)16/h6-9H,2-5H2,1H3. The van der Waals surface area contributed by atoms with Crippen LogP contribution in [0.25, 0.3) is 0 Å². The molecule has 0 aliphatic heterocycles. The number of rotatable bonds is 6. The molecule has 0 aliphatic rings. The molecule has 0 amide bonds. The molecule has 0 radical (unpaired) electrons. The number of aryl methyl sites for hydroxylation is 1. The SMILES string of the molecule is CCCCCc1ccc(C(=O)C(F)(F)Br)cc1. The Morgan fingerprint density at radius 2 is 1.82 bits per heavy atom. The third kappa shape index (κ3) is 4.54. The van der Waals surface area contributed by atoms with E-state index >= 15 is 0 Å². The van der Waals surface area contributed by atoms with Crippen LogP contribution in [0.5, 0.6) is 0 Å². The molecule has 0 saturated heterocycles. The minimum atomic E-state index is -3.48. The van der Waals surface area contributed by atoms with Crippen molar-refractivity contribution in [3.63, 3.8) is 0 Å². The zero-order valence-corrected chi connectivity index (χ0v) is 11.3. The first-order valence-corrected chi connectivity index (χ1v) is 6.45. The molecule has 94 valence electrons. The molecule has 0 N–H and O–H groups in total. The number of carbonyl (C=O) groups is 1. The van der Waals surface area contributed by atoms with E-state index in [1.807, 2.05) is 0 Å². The number of hydrogen-bond acceptors (Lipinski definition) is 1. The molecule has 0 saturated carbocycles. The second kappa shape index (κ2) is 6.24. The van der Waals surface area contributed by atoms with E-state index in [0.717, 1.165) is 31.2 Å². The van der Waals surface area contributed by atoms with Crippen molar-refractivity contribution < 1.29 is 13.6 Å². The van der Waals surface area contributed by atoms with Gasteiger partial charge in [-0.25, -0.2) is 0 Å². The number of alkyl halides is 3. The van der Waals surface area contributed by atoms with Crippen LogP contribution in [-0.4, -0.2) is 10.6 Å². The molecular weight excluding hydrogens is 290 g/mol. The molecule has 0 aliphatic carbocycles. The summed E-state index contributed by atoms with van der Waals surface area (Å²) in [6, 6.07) is 6.39. The zero-order valence-electron chi connectivity index (χ0n) is 9.68. The molecule has 0 aromatic heterocycles. The molecule has 1 rings (SSSR count). The highest BCUT2D eigenvalue weighted by molar-refractivity contribution is 9.10. The van der Waals surface area contributed by atoms with Crippen LogP contribution >= 0.6 is 15.9 Å². The molecule has 0 atom stereocenters. The minimum Gasteiger partial charge on any atom is -0.286 e. The van der Waals surface area contributed by atoms with Crippen LogP contribution in [0.4, 0.5) is 8.78 Å². The second-order valence-corrected chi connectivity index (χ2v) is 4.98. The number of hydrogen-bond donors (Lipinski definition) is 0. The summed E-state index contributed by atoms with van der Waals surface area (Å²) in [4.78, 5) is 7.77. The van der Waals surface area contributed by atoms with Gasteiger partial charge >= 0.3 is 4.83 Å². The first kappa shape index (κ1) is 14.3. The summed E-state index contributed by atoms with van der Waals surface area (Å²) in [5.74, 6) is -1.20. The van der Waals surface area contributed by atoms with Gasteiger partial charge in [0, 0.05) is 5.56 Å². The summed E-state index contributed by atoms with van der Waals surface area (Å²) in [6.07, 6.45) is 4.30. The van der Waals surface area contributed by atoms with Crippen LogP contribution < -0.4 is 0 Å². The normalized spacial score (nSPS) is 11.5. The highest BCUT2D eigenvalue weighted by Crippen LogP contribution is 2.26. The van der Waals surface area contributed by atoms with Gasteiger partial charge in [-0.3, -0.25) is 4.79 Å². The van der Waals surface area contributed by atoms with Gasteiger partial charge in [0.25, 0.3) is 0 Å². The molecule has 0 fully saturated rings. The Morgan fingerprint density at radius 1 is 1.24 bits per heavy atom. The Labute approximate surface area is 108 Å². The molecule has 1 aromatic rings. The number of halogens is 3. The summed E-state index contributed by atoms with van der Waals surface area (Å²) in [6.45, 7) is 2.12. The topological polar surface area (TPSA) is 17.1 Å². The molecule has 0 bridgehead atoms. The Hall–Kier alpha value is -0.770. The highest BCUT2D eigenvalue weighted by Gasteiger charge is 2.35. The lowest BCUT2D eigenvalue weighted by atomic mass is 10.0. The third-order valence-corrected chi connectivity index (χ3v) is 2.90. The number of carbonyl (C=O) groups excluding carboxylic acids is 1. The summed E-state index contributed by atoms with van der Waals surface area (Å²) >= 11 is 2.07. The van der Waals surface area contributed by atoms with Gasteiger partial charge in [-0.05, 0) is 34.3 Å². The maximum Gasteiger partial charge on any atom is 0.363 e. The van der Waals surface area contributed by atoms with E-state index < -0.39 is 10.6 Å². The Balaban J connectivity index is 2.65. The van der Waals surface area contributed by atoms with Crippen molar-refractivity contribution in [3.05, 3.63) is 35.4 Å². The predicted octanol–water partition coefficient (Wildman–Crippen LogP) is 4.59. The van der Waals surface area contributed by atoms with Crippen LogP contribution in [0.3, 0.4) is 0 Å². The Kier molecular flexibility index (Phi) is 5.25. The van der Waals surface area contributed by atoms with Crippen molar-refractivity contribution in [1.82, 2.24) is 0 Å². The van der Waals surface area contributed by atoms with Crippen molar-refractivity contribution in [2.24, 2.45) is 0 Å². The van der Waals surface area contributed by atoms with Gasteiger partial charge in [-0.1, -0.05) is 44.0 Å². The minimum absolute atomic E-state index is 0.0334. The molecule has 1 nitrogen and oxygen atoms in total. The molecule has 1 aromatic carbocycles. The smallest absolute Gasteiger partial charge is 0.286 e. The average molecular weight is 305 g/mol. The molecule has 0 unspecified atom stereocenters. The van der Waals surface area contributed by atoms with Gasteiger partial charge in [-0.15, -0.1) is 0 Å². The van der Waals surface area contributed by atoms with Crippen molar-refractivity contribution in [2.45, 2.75) is 37.4 Å². The van der Waals surface area contributed by atoms with E-state index in [1.54, 1.807) is 12.1 Å². The molecule has 0 heterocycles. The number of unbranched alkanes of at least 4 members (excludes halogenated alkanes) is 2. The summed E-state index contributed by atoms with van der Waals surface area (Å²) in [5, 5.41) is 0. The van der Waals surface area contributed by atoms with Crippen molar-refractivity contribution in [2.75, 3.05) is 0 Å². The average Bonchev–Trinajstić information content (AvgIpc) is 2.28. The summed E-state index contributed by atoms with van der Waals surface area (Å²) in [5.41, 5.74) is 1.11. The maximum absolute atomic E-state index is 12.7. The van der Waals surface area contributed by atoms with E-state index in [9.17, 15) is 13.6 Å². The van der Waals surface area contributed by atoms with Crippen LogP contribution in [0.15, 0.2) is 24.3 Å². The fourth-order valence-electron chi connectivity index (χ4n) is 1.57. The Morgan fingerprint density at radius 3 is 2.29 bits per heavy atom. The van der Waals surface area contributed by atoms with Gasteiger partial charge in [0.15, 0.2) is 0 Å². The summed E-state index contributed by atoms with van der Waals surface area (Å²) < 4.78 is 25.4. The molecule has 4 heteroatoms. The van der Waals surface area contributed by atoms with Gasteiger partial charge in [0.05, 0.1) is 0 Å². The van der Waals surface area contributed by atoms with E-state index in [-0.39, 0.29) is 5.56 Å². The van der Waals surface area contributed by atoms with E-state index in [1.165, 1.54) is 12.1 Å². The van der Waals surface area contributed by atoms with Crippen LogP contribution in [-0.2, 0) is 6.42 Å². The summed E-state index contributed by atoms with van der Waals surface area (Å²) in [7, 11) is 0. The lowest BCUT2D eigenvalue weighted by molar-refractivity contribution is 0.0592. The maximum atomic E-state index is 12.7. The van der Waals surface area contributed by atoms with Crippen molar-refractivity contribution in [1.29, 1.82) is 0 Å². The van der Waals surface area contributed by atoms with Gasteiger partial charge < -0.3 is 0 Å². The molecular formula is C13H15BrF2O. The molecule has 17 heavy (non-hydrogen) atoms.